The number of carbonyl (C=O) groups excluding carboxylic acids is 3. The van der Waals surface area contributed by atoms with E-state index < -0.39 is 0 Å². The Morgan fingerprint density at radius 1 is 0.917 bits per heavy atom. The first-order chi connectivity index (χ1) is 17.4. The molecule has 0 saturated carbocycles. The van der Waals surface area contributed by atoms with Gasteiger partial charge < -0.3 is 4.90 Å². The van der Waals surface area contributed by atoms with Crippen molar-refractivity contribution < 1.29 is 14.4 Å². The van der Waals surface area contributed by atoms with E-state index in [1.54, 1.807) is 5.01 Å². The Bertz CT molecular complexity index is 1080. The van der Waals surface area contributed by atoms with E-state index in [0.29, 0.717) is 45.8 Å². The monoisotopic (exact) mass is 489 g/mol. The van der Waals surface area contributed by atoms with Crippen LogP contribution < -0.4 is 10.4 Å². The highest BCUT2D eigenvalue weighted by atomic mass is 16.2. The summed E-state index contributed by atoms with van der Waals surface area (Å²) in [4.78, 5) is 46.1. The highest BCUT2D eigenvalue weighted by Crippen LogP contribution is 2.33. The molecule has 0 radical (unpaired) electrons. The van der Waals surface area contributed by atoms with Gasteiger partial charge in [-0.05, 0) is 26.0 Å². The van der Waals surface area contributed by atoms with Crippen molar-refractivity contribution in [3.05, 3.63) is 66.2 Å². The number of piperidine rings is 1. The van der Waals surface area contributed by atoms with Gasteiger partial charge in [-0.25, -0.2) is 10.4 Å². The molecule has 0 aliphatic carbocycles. The van der Waals surface area contributed by atoms with Crippen molar-refractivity contribution in [3.8, 4) is 0 Å². The Morgan fingerprint density at radius 3 is 2.19 bits per heavy atom. The summed E-state index contributed by atoms with van der Waals surface area (Å²) in [6.45, 7) is 8.40. The summed E-state index contributed by atoms with van der Waals surface area (Å²) in [6.07, 6.45) is 0. The number of anilines is 1. The van der Waals surface area contributed by atoms with E-state index >= 15 is 0 Å². The van der Waals surface area contributed by atoms with Gasteiger partial charge in [-0.1, -0.05) is 48.5 Å². The van der Waals surface area contributed by atoms with E-state index in [1.807, 2.05) is 65.6 Å². The van der Waals surface area contributed by atoms with Crippen LogP contribution in [0.2, 0.25) is 0 Å². The van der Waals surface area contributed by atoms with E-state index in [2.05, 4.69) is 29.1 Å². The number of benzene rings is 2. The van der Waals surface area contributed by atoms with Crippen LogP contribution in [-0.2, 0) is 9.59 Å². The Labute approximate surface area is 212 Å². The summed E-state index contributed by atoms with van der Waals surface area (Å²) in [5.74, 6) is -0.340. The molecule has 3 atom stereocenters. The Kier molecular flexibility index (Phi) is 7.18. The van der Waals surface area contributed by atoms with Crippen molar-refractivity contribution in [2.75, 3.05) is 50.8 Å². The number of amides is 2. The zero-order chi connectivity index (χ0) is 25.2. The lowest BCUT2D eigenvalue weighted by molar-refractivity contribution is -0.141. The highest BCUT2D eigenvalue weighted by Gasteiger charge is 2.52. The molecule has 0 spiro atoms. The Balaban J connectivity index is 1.26. The quantitative estimate of drug-likeness (QED) is 0.625. The number of nitrogens with one attached hydrogen (secondary N) is 1. The lowest BCUT2D eigenvalue weighted by Gasteiger charge is -2.43. The van der Waals surface area contributed by atoms with Gasteiger partial charge in [0.25, 0.3) is 0 Å². The molecule has 3 fully saturated rings. The van der Waals surface area contributed by atoms with Gasteiger partial charge in [-0.2, -0.15) is 0 Å². The molecule has 3 unspecified atom stereocenters. The lowest BCUT2D eigenvalue weighted by Crippen LogP contribution is -2.60. The Morgan fingerprint density at radius 2 is 1.56 bits per heavy atom. The molecule has 2 aromatic carbocycles. The zero-order valence-electron chi connectivity index (χ0n) is 21.0. The predicted molar refractivity (Wildman–Crippen MR) is 138 cm³/mol. The lowest BCUT2D eigenvalue weighted by atomic mass is 9.83. The van der Waals surface area contributed by atoms with Gasteiger partial charge in [-0.15, -0.1) is 0 Å². The van der Waals surface area contributed by atoms with Gasteiger partial charge >= 0.3 is 0 Å². The molecule has 0 aromatic heterocycles. The van der Waals surface area contributed by atoms with Gasteiger partial charge in [0.15, 0.2) is 5.78 Å². The molecule has 190 valence electrons. The van der Waals surface area contributed by atoms with Crippen LogP contribution in [0.5, 0.6) is 0 Å². The van der Waals surface area contributed by atoms with Gasteiger partial charge in [0.05, 0.1) is 30.1 Å². The van der Waals surface area contributed by atoms with Crippen molar-refractivity contribution in [1.29, 1.82) is 0 Å². The summed E-state index contributed by atoms with van der Waals surface area (Å²) in [5, 5.41) is 1.63. The maximum absolute atomic E-state index is 13.8. The molecule has 3 aliphatic rings. The molecular formula is C28H35N5O3. The van der Waals surface area contributed by atoms with Crippen molar-refractivity contribution in [2.45, 2.75) is 25.9 Å². The summed E-state index contributed by atoms with van der Waals surface area (Å²) >= 11 is 0. The fourth-order valence-electron chi connectivity index (χ4n) is 5.59. The van der Waals surface area contributed by atoms with Gasteiger partial charge in [0.1, 0.15) is 0 Å². The molecule has 36 heavy (non-hydrogen) atoms. The number of fused-ring (bicyclic) bond motifs is 1. The molecule has 5 rings (SSSR count). The normalized spacial score (nSPS) is 25.3. The molecule has 3 heterocycles. The van der Waals surface area contributed by atoms with Crippen molar-refractivity contribution in [3.63, 3.8) is 0 Å². The number of hydrazine groups is 1. The summed E-state index contributed by atoms with van der Waals surface area (Å²) in [7, 11) is 0. The molecule has 8 heteroatoms. The van der Waals surface area contributed by atoms with Crippen LogP contribution in [0.25, 0.3) is 0 Å². The third-order valence-corrected chi connectivity index (χ3v) is 7.75. The van der Waals surface area contributed by atoms with E-state index in [4.69, 9.17) is 0 Å². The first kappa shape index (κ1) is 24.6. The second kappa shape index (κ2) is 10.5. The number of likely N-dealkylation sites (tertiary alicyclic amines) is 1. The van der Waals surface area contributed by atoms with Crippen molar-refractivity contribution >= 4 is 23.3 Å². The van der Waals surface area contributed by atoms with E-state index in [0.717, 1.165) is 11.3 Å². The smallest absolute Gasteiger partial charge is 0.247 e. The average molecular weight is 490 g/mol. The van der Waals surface area contributed by atoms with Gasteiger partial charge in [0, 0.05) is 50.9 Å². The summed E-state index contributed by atoms with van der Waals surface area (Å²) in [6, 6.07) is 19.0. The van der Waals surface area contributed by atoms with Crippen molar-refractivity contribution in [1.82, 2.24) is 20.1 Å². The first-order valence-electron chi connectivity index (χ1n) is 12.9. The molecule has 0 bridgehead atoms. The predicted octanol–water partition coefficient (Wildman–Crippen LogP) is 1.89. The summed E-state index contributed by atoms with van der Waals surface area (Å²) < 4.78 is 0. The molecule has 3 saturated heterocycles. The topological polar surface area (TPSA) is 76.2 Å². The number of rotatable bonds is 6. The number of para-hydroxylation sites is 1. The minimum absolute atomic E-state index is 0.0265. The standard InChI is InChI=1S/C28H35N5O3/c1-20(2)32-17-23(26-24(18-32)28(36)33(29-26)22-11-7-4-8-12-22)27(35)31-15-13-30(14-16-31)19-25(34)21-9-5-3-6-10-21/h3-12,20,23-24,26,29H,13-19H2,1-2H3. The van der Waals surface area contributed by atoms with Gasteiger partial charge in [0.2, 0.25) is 11.8 Å². The highest BCUT2D eigenvalue weighted by molar-refractivity contribution is 5.98. The van der Waals surface area contributed by atoms with Crippen LogP contribution in [0, 0.1) is 11.8 Å². The molecule has 8 nitrogen and oxygen atoms in total. The third-order valence-electron chi connectivity index (χ3n) is 7.75. The van der Waals surface area contributed by atoms with Crippen LogP contribution in [0.3, 0.4) is 0 Å². The van der Waals surface area contributed by atoms with Crippen LogP contribution in [-0.4, -0.2) is 90.2 Å². The average Bonchev–Trinajstić information content (AvgIpc) is 3.25. The molecule has 2 aromatic rings. The number of hydrogen-bond donors (Lipinski definition) is 1. The van der Waals surface area contributed by atoms with Crippen LogP contribution in [0.1, 0.15) is 24.2 Å². The summed E-state index contributed by atoms with van der Waals surface area (Å²) in [5.41, 5.74) is 4.92. The third kappa shape index (κ3) is 4.93. The molecular weight excluding hydrogens is 454 g/mol. The minimum Gasteiger partial charge on any atom is -0.340 e. The Hall–Kier alpha value is -3.07. The first-order valence-corrected chi connectivity index (χ1v) is 12.9. The zero-order valence-corrected chi connectivity index (χ0v) is 21.0. The maximum Gasteiger partial charge on any atom is 0.247 e. The number of nitrogens with zero attached hydrogens (tertiary/aromatic N) is 4. The van der Waals surface area contributed by atoms with E-state index in [9.17, 15) is 14.4 Å². The van der Waals surface area contributed by atoms with Crippen LogP contribution in [0.4, 0.5) is 5.69 Å². The van der Waals surface area contributed by atoms with E-state index in [-0.39, 0.29) is 41.5 Å². The molecule has 2 amide bonds. The largest absolute Gasteiger partial charge is 0.340 e. The molecule has 1 N–H and O–H groups in total. The number of ketones is 1. The number of Topliss-reactive ketones (excluding diaryl/α,β-unsaturated/α-hetero) is 1. The fourth-order valence-corrected chi connectivity index (χ4v) is 5.59. The van der Waals surface area contributed by atoms with E-state index in [1.165, 1.54) is 0 Å². The number of hydrogen-bond acceptors (Lipinski definition) is 6. The minimum atomic E-state index is -0.304. The molecule has 3 aliphatic heterocycles. The number of carbonyl (C=O) groups is 3. The SMILES string of the molecule is CC(C)N1CC(C(=O)N2CCN(CC(=O)c3ccccc3)CC2)C2NN(c3ccccc3)C(=O)C2C1. The van der Waals surface area contributed by atoms with Gasteiger partial charge in [-0.3, -0.25) is 24.2 Å². The van der Waals surface area contributed by atoms with Crippen LogP contribution in [0.15, 0.2) is 60.7 Å². The van der Waals surface area contributed by atoms with Crippen molar-refractivity contribution in [2.24, 2.45) is 11.8 Å². The maximum atomic E-state index is 13.8. The number of piperazine rings is 1. The second-order valence-electron chi connectivity index (χ2n) is 10.3. The fraction of sp³-hybridized carbons (Fsp3) is 0.464. The second-order valence-corrected chi connectivity index (χ2v) is 10.3. The van der Waals surface area contributed by atoms with Crippen LogP contribution >= 0.6 is 0 Å².